The topological polar surface area (TPSA) is 57.2 Å². The Labute approximate surface area is 179 Å². The molecular weight excluding hydrogens is 408 g/mol. The van der Waals surface area contributed by atoms with Gasteiger partial charge in [0, 0.05) is 13.1 Å². The predicted octanol–water partition coefficient (Wildman–Crippen LogP) is 4.01. The summed E-state index contributed by atoms with van der Waals surface area (Å²) >= 11 is 0. The zero-order chi connectivity index (χ0) is 22.0. The number of likely N-dealkylation sites (tertiary alicyclic amines) is 1. The van der Waals surface area contributed by atoms with Gasteiger partial charge in [0.15, 0.2) is 11.5 Å². The molecule has 8 heteroatoms. The molecule has 0 aliphatic carbocycles. The van der Waals surface area contributed by atoms with E-state index in [2.05, 4.69) is 4.74 Å². The summed E-state index contributed by atoms with van der Waals surface area (Å²) in [7, 11) is 3.21. The van der Waals surface area contributed by atoms with E-state index in [1.807, 2.05) is 12.1 Å². The van der Waals surface area contributed by atoms with Gasteiger partial charge in [0.2, 0.25) is 0 Å². The largest absolute Gasteiger partial charge is 0.493 e. The number of amides is 1. The van der Waals surface area contributed by atoms with Crippen molar-refractivity contribution in [1.29, 1.82) is 0 Å². The molecule has 31 heavy (non-hydrogen) atoms. The number of hydrogen-bond acceptors (Lipinski definition) is 5. The fraction of sp³-hybridized carbons (Fsp3) is 0.435. The molecular formula is C23H25F2NO5. The summed E-state index contributed by atoms with van der Waals surface area (Å²) < 4.78 is 47.1. The normalized spacial score (nSPS) is 17.4. The van der Waals surface area contributed by atoms with Gasteiger partial charge >= 0.3 is 6.61 Å². The number of hydrogen-bond donors (Lipinski definition) is 0. The lowest BCUT2D eigenvalue weighted by atomic mass is 9.79. The third-order valence-electron chi connectivity index (χ3n) is 6.04. The highest BCUT2D eigenvalue weighted by molar-refractivity contribution is 5.97. The van der Waals surface area contributed by atoms with Crippen molar-refractivity contribution in [2.24, 2.45) is 0 Å². The molecule has 4 rings (SSSR count). The molecule has 0 saturated carbocycles. The molecule has 1 fully saturated rings. The van der Waals surface area contributed by atoms with Gasteiger partial charge in [0.1, 0.15) is 5.75 Å². The Kier molecular flexibility index (Phi) is 6.00. The molecule has 2 aromatic rings. The molecule has 2 aromatic carbocycles. The first kappa shape index (κ1) is 21.4. The van der Waals surface area contributed by atoms with Gasteiger partial charge in [-0.25, -0.2) is 0 Å². The van der Waals surface area contributed by atoms with Crippen molar-refractivity contribution in [2.75, 3.05) is 33.9 Å². The lowest BCUT2D eigenvalue weighted by molar-refractivity contribution is -0.0937. The predicted molar refractivity (Wildman–Crippen MR) is 109 cm³/mol. The van der Waals surface area contributed by atoms with E-state index in [1.165, 1.54) is 12.1 Å². The molecule has 6 nitrogen and oxygen atoms in total. The quantitative estimate of drug-likeness (QED) is 0.713. The number of rotatable bonds is 5. The molecule has 2 aliphatic heterocycles. The van der Waals surface area contributed by atoms with Crippen LogP contribution >= 0.6 is 0 Å². The molecule has 0 atom stereocenters. The maximum absolute atomic E-state index is 13.0. The third kappa shape index (κ3) is 4.04. The summed E-state index contributed by atoms with van der Waals surface area (Å²) in [6.45, 7) is -1.52. The van der Waals surface area contributed by atoms with E-state index in [9.17, 15) is 13.6 Å². The summed E-state index contributed by atoms with van der Waals surface area (Å²) in [5, 5.41) is 0. The molecule has 166 valence electrons. The van der Waals surface area contributed by atoms with Gasteiger partial charge in [-0.05, 0) is 54.7 Å². The van der Waals surface area contributed by atoms with Crippen LogP contribution in [0.5, 0.6) is 17.2 Å². The lowest BCUT2D eigenvalue weighted by Crippen LogP contribution is -2.48. The number of piperidine rings is 1. The smallest absolute Gasteiger partial charge is 0.387 e. The lowest BCUT2D eigenvalue weighted by Gasteiger charge is -2.45. The van der Waals surface area contributed by atoms with Crippen molar-refractivity contribution in [3.63, 3.8) is 0 Å². The van der Waals surface area contributed by atoms with Crippen LogP contribution in [0.15, 0.2) is 36.4 Å². The summed E-state index contributed by atoms with van der Waals surface area (Å²) in [5.41, 5.74) is 1.84. The van der Waals surface area contributed by atoms with Crippen molar-refractivity contribution < 1.29 is 32.5 Å². The second kappa shape index (κ2) is 8.70. The Morgan fingerprint density at radius 2 is 1.74 bits per heavy atom. The standard InChI is InChI=1S/C23H25F2NO5/c1-28-19-13-15-7-12-30-23(17(15)14-20(19)29-2)8-10-26(11-9-23)21(27)16-5-3-4-6-18(16)31-22(24)25/h3-6,13-14,22H,7-12H2,1-2H3. The zero-order valence-electron chi connectivity index (χ0n) is 17.5. The molecule has 0 unspecified atom stereocenters. The molecule has 0 radical (unpaired) electrons. The van der Waals surface area contributed by atoms with Gasteiger partial charge < -0.3 is 23.8 Å². The number of ether oxygens (including phenoxy) is 4. The molecule has 0 N–H and O–H groups in total. The molecule has 2 heterocycles. The third-order valence-corrected chi connectivity index (χ3v) is 6.04. The second-order valence-corrected chi connectivity index (χ2v) is 7.62. The average Bonchev–Trinajstić information content (AvgIpc) is 2.78. The highest BCUT2D eigenvalue weighted by Crippen LogP contribution is 2.45. The fourth-order valence-corrected chi connectivity index (χ4v) is 4.48. The first-order valence-corrected chi connectivity index (χ1v) is 10.2. The van der Waals surface area contributed by atoms with Gasteiger partial charge in [0.25, 0.3) is 5.91 Å². The average molecular weight is 433 g/mol. The van der Waals surface area contributed by atoms with Crippen LogP contribution in [0.3, 0.4) is 0 Å². The SMILES string of the molecule is COc1cc2c(cc1OC)C1(CCN(C(=O)c3ccccc3OC(F)F)CC1)OCC2. The second-order valence-electron chi connectivity index (χ2n) is 7.62. The van der Waals surface area contributed by atoms with Crippen LogP contribution in [-0.4, -0.2) is 51.3 Å². The molecule has 1 spiro atoms. The van der Waals surface area contributed by atoms with Crippen molar-refractivity contribution in [2.45, 2.75) is 31.5 Å². The van der Waals surface area contributed by atoms with Gasteiger partial charge in [0.05, 0.1) is 32.0 Å². The van der Waals surface area contributed by atoms with Crippen LogP contribution in [0.2, 0.25) is 0 Å². The van der Waals surface area contributed by atoms with Crippen LogP contribution in [0.1, 0.15) is 34.3 Å². The Morgan fingerprint density at radius 3 is 2.42 bits per heavy atom. The number of para-hydroxylation sites is 1. The van der Waals surface area contributed by atoms with Crippen LogP contribution < -0.4 is 14.2 Å². The van der Waals surface area contributed by atoms with Gasteiger partial charge in [-0.3, -0.25) is 4.79 Å². The maximum Gasteiger partial charge on any atom is 0.387 e. The number of carbonyl (C=O) groups excluding carboxylic acids is 1. The van der Waals surface area contributed by atoms with Crippen molar-refractivity contribution in [3.8, 4) is 17.2 Å². The van der Waals surface area contributed by atoms with Crippen LogP contribution in [0, 0.1) is 0 Å². The molecule has 0 bridgehead atoms. The number of nitrogens with zero attached hydrogens (tertiary/aromatic N) is 1. The van der Waals surface area contributed by atoms with E-state index >= 15 is 0 Å². The van der Waals surface area contributed by atoms with Crippen molar-refractivity contribution in [3.05, 3.63) is 53.1 Å². The van der Waals surface area contributed by atoms with E-state index in [4.69, 9.17) is 14.2 Å². The van der Waals surface area contributed by atoms with E-state index in [0.717, 1.165) is 17.5 Å². The monoisotopic (exact) mass is 433 g/mol. The first-order chi connectivity index (χ1) is 15.0. The summed E-state index contributed by atoms with van der Waals surface area (Å²) in [4.78, 5) is 14.7. The number of halogens is 2. The number of benzene rings is 2. The summed E-state index contributed by atoms with van der Waals surface area (Å²) in [5.74, 6) is 0.887. The minimum atomic E-state index is -2.99. The van der Waals surface area contributed by atoms with Crippen LogP contribution in [-0.2, 0) is 16.8 Å². The van der Waals surface area contributed by atoms with Crippen LogP contribution in [0.4, 0.5) is 8.78 Å². The minimum absolute atomic E-state index is 0.112. The Morgan fingerprint density at radius 1 is 1.06 bits per heavy atom. The number of fused-ring (bicyclic) bond motifs is 2. The Hall–Kier alpha value is -2.87. The zero-order valence-corrected chi connectivity index (χ0v) is 17.5. The molecule has 1 amide bonds. The molecule has 1 saturated heterocycles. The van der Waals surface area contributed by atoms with E-state index in [1.54, 1.807) is 31.3 Å². The van der Waals surface area contributed by atoms with E-state index < -0.39 is 12.2 Å². The minimum Gasteiger partial charge on any atom is -0.493 e. The number of methoxy groups -OCH3 is 2. The van der Waals surface area contributed by atoms with Crippen LogP contribution in [0.25, 0.3) is 0 Å². The fourth-order valence-electron chi connectivity index (χ4n) is 4.48. The Balaban J connectivity index is 1.55. The molecule has 2 aliphatic rings. The summed E-state index contributed by atoms with van der Waals surface area (Å²) in [6, 6.07) is 10.1. The number of carbonyl (C=O) groups is 1. The molecule has 0 aromatic heterocycles. The van der Waals surface area contributed by atoms with Crippen molar-refractivity contribution in [1.82, 2.24) is 4.90 Å². The number of alkyl halides is 2. The first-order valence-electron chi connectivity index (χ1n) is 10.2. The Bertz CT molecular complexity index is 957. The van der Waals surface area contributed by atoms with Gasteiger partial charge in [-0.2, -0.15) is 8.78 Å². The van der Waals surface area contributed by atoms with E-state index in [-0.39, 0.29) is 17.2 Å². The van der Waals surface area contributed by atoms with Gasteiger partial charge in [-0.1, -0.05) is 12.1 Å². The summed E-state index contributed by atoms with van der Waals surface area (Å²) in [6.07, 6.45) is 1.97. The van der Waals surface area contributed by atoms with E-state index in [0.29, 0.717) is 44.0 Å². The highest BCUT2D eigenvalue weighted by atomic mass is 19.3. The van der Waals surface area contributed by atoms with Crippen molar-refractivity contribution >= 4 is 5.91 Å². The van der Waals surface area contributed by atoms with Gasteiger partial charge in [-0.15, -0.1) is 0 Å². The maximum atomic E-state index is 13.0. The highest BCUT2D eigenvalue weighted by Gasteiger charge is 2.42.